The Morgan fingerprint density at radius 1 is 0.220 bits per heavy atom. The molecule has 7 rings (SSSR count). The zero-order chi connectivity index (χ0) is 35.8. The SMILES string of the molecule is Fc1cc(-c2ccc(-c3cc(F)c(F)c(F)c3)c3cc4c(-c5cc(F)c(F)c(F)c5)ccc(-c5cc(F)c(F)c(F)c5)c4cc23)cc(F)c1F. The molecular weight excluding hydrogens is 684 g/mol. The number of halogens is 12. The van der Waals surface area contributed by atoms with Crippen molar-refractivity contribution < 1.29 is 52.7 Å². The maximum atomic E-state index is 14.5. The number of rotatable bonds is 4. The molecule has 0 heterocycles. The molecule has 0 unspecified atom stereocenters. The summed E-state index contributed by atoms with van der Waals surface area (Å²) >= 11 is 0. The van der Waals surface area contributed by atoms with Gasteiger partial charge in [0.2, 0.25) is 0 Å². The third-order valence-electron chi connectivity index (χ3n) is 8.33. The summed E-state index contributed by atoms with van der Waals surface area (Å²) in [4.78, 5) is 0. The van der Waals surface area contributed by atoms with E-state index in [0.717, 1.165) is 0 Å². The summed E-state index contributed by atoms with van der Waals surface area (Å²) in [6.07, 6.45) is 0. The lowest BCUT2D eigenvalue weighted by molar-refractivity contribution is 0.447. The van der Waals surface area contributed by atoms with Gasteiger partial charge in [-0.2, -0.15) is 0 Å². The van der Waals surface area contributed by atoms with E-state index in [1.54, 1.807) is 0 Å². The van der Waals surface area contributed by atoms with Gasteiger partial charge in [-0.05, 0) is 127 Å². The Balaban J connectivity index is 1.67. The van der Waals surface area contributed by atoms with Crippen molar-refractivity contribution in [3.63, 3.8) is 0 Å². The Bertz CT molecular complexity index is 2130. The van der Waals surface area contributed by atoms with Crippen molar-refractivity contribution in [2.75, 3.05) is 0 Å². The molecule has 250 valence electrons. The molecule has 0 radical (unpaired) electrons. The maximum Gasteiger partial charge on any atom is 0.194 e. The van der Waals surface area contributed by atoms with Crippen LogP contribution in [0.1, 0.15) is 0 Å². The van der Waals surface area contributed by atoms with E-state index >= 15 is 0 Å². The molecular formula is C38H14F12. The molecule has 50 heavy (non-hydrogen) atoms. The van der Waals surface area contributed by atoms with Gasteiger partial charge in [-0.3, -0.25) is 0 Å². The molecule has 0 aliphatic heterocycles. The van der Waals surface area contributed by atoms with Crippen molar-refractivity contribution in [3.8, 4) is 44.5 Å². The fourth-order valence-corrected chi connectivity index (χ4v) is 6.03. The van der Waals surface area contributed by atoms with Gasteiger partial charge in [0.05, 0.1) is 0 Å². The zero-order valence-electron chi connectivity index (χ0n) is 24.6. The summed E-state index contributed by atoms with van der Waals surface area (Å²) in [5.74, 6) is -19.6. The zero-order valence-corrected chi connectivity index (χ0v) is 24.6. The molecule has 0 fully saturated rings. The Morgan fingerprint density at radius 3 is 0.540 bits per heavy atom. The molecule has 7 aromatic carbocycles. The van der Waals surface area contributed by atoms with Crippen LogP contribution in [-0.4, -0.2) is 0 Å². The fraction of sp³-hybridized carbons (Fsp3) is 0. The van der Waals surface area contributed by atoms with Gasteiger partial charge in [0, 0.05) is 0 Å². The van der Waals surface area contributed by atoms with Crippen LogP contribution >= 0.6 is 0 Å². The van der Waals surface area contributed by atoms with Crippen LogP contribution in [0.4, 0.5) is 52.7 Å². The van der Waals surface area contributed by atoms with Gasteiger partial charge in [-0.1, -0.05) is 24.3 Å². The van der Waals surface area contributed by atoms with Crippen molar-refractivity contribution >= 4 is 21.5 Å². The molecule has 12 heteroatoms. The first-order chi connectivity index (χ1) is 23.7. The molecule has 0 aliphatic carbocycles. The van der Waals surface area contributed by atoms with E-state index < -0.39 is 69.8 Å². The van der Waals surface area contributed by atoms with Gasteiger partial charge in [-0.25, -0.2) is 52.7 Å². The third kappa shape index (κ3) is 5.31. The molecule has 0 amide bonds. The second kappa shape index (κ2) is 12.0. The lowest BCUT2D eigenvalue weighted by Gasteiger charge is -2.18. The van der Waals surface area contributed by atoms with Gasteiger partial charge in [0.15, 0.2) is 69.8 Å². The van der Waals surface area contributed by atoms with Crippen LogP contribution in [0.5, 0.6) is 0 Å². The van der Waals surface area contributed by atoms with Gasteiger partial charge in [0.25, 0.3) is 0 Å². The van der Waals surface area contributed by atoms with E-state index in [-0.39, 0.29) is 66.1 Å². The van der Waals surface area contributed by atoms with Crippen molar-refractivity contribution in [2.24, 2.45) is 0 Å². The quantitative estimate of drug-likeness (QED) is 0.0975. The minimum atomic E-state index is -1.77. The number of benzene rings is 7. The van der Waals surface area contributed by atoms with E-state index in [0.29, 0.717) is 48.5 Å². The molecule has 0 spiro atoms. The van der Waals surface area contributed by atoms with Crippen LogP contribution in [0, 0.1) is 69.8 Å². The highest BCUT2D eigenvalue weighted by Gasteiger charge is 2.22. The van der Waals surface area contributed by atoms with Crippen molar-refractivity contribution in [3.05, 3.63) is 155 Å². The van der Waals surface area contributed by atoms with Gasteiger partial charge in [-0.15, -0.1) is 0 Å². The lowest BCUT2D eigenvalue weighted by atomic mass is 9.86. The Labute approximate surface area is 273 Å². The average Bonchev–Trinajstić information content (AvgIpc) is 3.08. The molecule has 0 saturated heterocycles. The van der Waals surface area contributed by atoms with Gasteiger partial charge in [0.1, 0.15) is 0 Å². The molecule has 0 atom stereocenters. The standard InChI is InChI=1S/C38H14F12/c39-27-5-15(6-28(40)35(27)47)19-1-2-20(16-7-29(41)36(48)30(42)8-16)24-14-26-22(18-11-33(45)38(50)34(46)12-18)4-3-21(25(26)13-23(19)24)17-9-31(43)37(49)32(44)10-17/h1-14H. The second-order valence-corrected chi connectivity index (χ2v) is 11.3. The molecule has 0 saturated carbocycles. The number of fused-ring (bicyclic) bond motifs is 2. The molecule has 0 N–H and O–H groups in total. The minimum Gasteiger partial charge on any atom is -0.204 e. The smallest absolute Gasteiger partial charge is 0.194 e. The topological polar surface area (TPSA) is 0 Å². The molecule has 0 bridgehead atoms. The molecule has 0 aromatic heterocycles. The van der Waals surface area contributed by atoms with E-state index in [2.05, 4.69) is 0 Å². The average molecular weight is 699 g/mol. The molecule has 0 nitrogen and oxygen atoms in total. The first kappa shape index (κ1) is 32.8. The Hall–Kier alpha value is -5.78. The van der Waals surface area contributed by atoms with Crippen molar-refractivity contribution in [1.82, 2.24) is 0 Å². The summed E-state index contributed by atoms with van der Waals surface area (Å²) in [7, 11) is 0. The van der Waals surface area contributed by atoms with E-state index in [1.165, 1.54) is 36.4 Å². The highest BCUT2D eigenvalue weighted by Crippen LogP contribution is 2.44. The van der Waals surface area contributed by atoms with E-state index in [4.69, 9.17) is 0 Å². The van der Waals surface area contributed by atoms with Crippen LogP contribution < -0.4 is 0 Å². The fourth-order valence-electron chi connectivity index (χ4n) is 6.03. The summed E-state index contributed by atoms with van der Waals surface area (Å²) in [6, 6.07) is 13.0. The van der Waals surface area contributed by atoms with E-state index in [9.17, 15) is 52.7 Å². The normalized spacial score (nSPS) is 11.6. The van der Waals surface area contributed by atoms with Crippen LogP contribution in [0.15, 0.2) is 84.9 Å². The van der Waals surface area contributed by atoms with E-state index in [1.807, 2.05) is 0 Å². The molecule has 0 aliphatic rings. The number of hydrogen-bond donors (Lipinski definition) is 0. The maximum absolute atomic E-state index is 14.5. The minimum absolute atomic E-state index is 0.00167. The van der Waals surface area contributed by atoms with Crippen LogP contribution in [0.2, 0.25) is 0 Å². The van der Waals surface area contributed by atoms with Crippen LogP contribution in [0.25, 0.3) is 66.1 Å². The van der Waals surface area contributed by atoms with Gasteiger partial charge >= 0.3 is 0 Å². The van der Waals surface area contributed by atoms with Crippen molar-refractivity contribution in [2.45, 2.75) is 0 Å². The lowest BCUT2D eigenvalue weighted by Crippen LogP contribution is -1.97. The predicted molar refractivity (Wildman–Crippen MR) is 163 cm³/mol. The second-order valence-electron chi connectivity index (χ2n) is 11.3. The Kier molecular flexibility index (Phi) is 7.84. The van der Waals surface area contributed by atoms with Crippen LogP contribution in [-0.2, 0) is 0 Å². The Morgan fingerprint density at radius 2 is 0.380 bits per heavy atom. The van der Waals surface area contributed by atoms with Crippen LogP contribution in [0.3, 0.4) is 0 Å². The number of hydrogen-bond acceptors (Lipinski definition) is 0. The summed E-state index contributed by atoms with van der Waals surface area (Å²) in [5, 5.41) is 0.124. The van der Waals surface area contributed by atoms with Crippen molar-refractivity contribution in [1.29, 1.82) is 0 Å². The summed E-state index contributed by atoms with van der Waals surface area (Å²) in [6.45, 7) is 0. The highest BCUT2D eigenvalue weighted by molar-refractivity contribution is 6.16. The highest BCUT2D eigenvalue weighted by atomic mass is 19.2. The molecule has 7 aromatic rings. The van der Waals surface area contributed by atoms with Gasteiger partial charge < -0.3 is 0 Å². The predicted octanol–water partition coefficient (Wildman–Crippen LogP) is 12.3. The summed E-state index contributed by atoms with van der Waals surface area (Å²) in [5.41, 5.74) is -0.921. The first-order valence-corrected chi connectivity index (χ1v) is 14.4. The third-order valence-corrected chi connectivity index (χ3v) is 8.33. The largest absolute Gasteiger partial charge is 0.204 e. The monoisotopic (exact) mass is 698 g/mol. The first-order valence-electron chi connectivity index (χ1n) is 14.4. The summed E-state index contributed by atoms with van der Waals surface area (Å²) < 4.78 is 171.